The van der Waals surface area contributed by atoms with Gasteiger partial charge in [-0.3, -0.25) is 9.69 Å². The summed E-state index contributed by atoms with van der Waals surface area (Å²) >= 11 is 5.74. The molecule has 1 aliphatic rings. The van der Waals surface area contributed by atoms with Crippen molar-refractivity contribution in [1.29, 1.82) is 0 Å². The lowest BCUT2D eigenvalue weighted by atomic mass is 10.1. The Morgan fingerprint density at radius 1 is 1.13 bits per heavy atom. The standard InChI is InChI=1S/C17H17ClFN3O/c18-16-6-5-13(11-20-16)17(23)22-9-7-21(8-10-22)12-14-3-1-2-4-15(14)19/h1-6,11H,7-10,12H2. The largest absolute Gasteiger partial charge is 0.336 e. The summed E-state index contributed by atoms with van der Waals surface area (Å²) in [6, 6.07) is 10.1. The lowest BCUT2D eigenvalue weighted by Gasteiger charge is -2.34. The van der Waals surface area contributed by atoms with Crippen LogP contribution in [0.2, 0.25) is 5.15 Å². The zero-order valence-corrected chi connectivity index (χ0v) is 13.3. The quantitative estimate of drug-likeness (QED) is 0.810. The molecule has 3 rings (SSSR count). The molecule has 2 aromatic rings. The maximum atomic E-state index is 13.7. The SMILES string of the molecule is O=C(c1ccc(Cl)nc1)N1CCN(Cc2ccccc2F)CC1. The molecule has 1 aliphatic heterocycles. The van der Waals surface area contributed by atoms with Crippen LogP contribution >= 0.6 is 11.6 Å². The first-order chi connectivity index (χ1) is 11.1. The number of piperazine rings is 1. The number of nitrogens with zero attached hydrogens (tertiary/aromatic N) is 3. The number of hydrogen-bond acceptors (Lipinski definition) is 3. The van der Waals surface area contributed by atoms with E-state index < -0.39 is 0 Å². The molecule has 2 heterocycles. The third-order valence-electron chi connectivity index (χ3n) is 3.99. The Kier molecular flexibility index (Phi) is 4.88. The topological polar surface area (TPSA) is 36.4 Å². The fourth-order valence-corrected chi connectivity index (χ4v) is 2.77. The summed E-state index contributed by atoms with van der Waals surface area (Å²) in [5.74, 6) is -0.224. The molecule has 120 valence electrons. The van der Waals surface area contributed by atoms with Crippen molar-refractivity contribution >= 4 is 17.5 Å². The van der Waals surface area contributed by atoms with Gasteiger partial charge in [0, 0.05) is 44.5 Å². The second-order valence-corrected chi connectivity index (χ2v) is 5.92. The number of halogens is 2. The van der Waals surface area contributed by atoms with Gasteiger partial charge in [-0.15, -0.1) is 0 Å². The van der Waals surface area contributed by atoms with Crippen LogP contribution in [0.3, 0.4) is 0 Å². The minimum Gasteiger partial charge on any atom is -0.336 e. The van der Waals surface area contributed by atoms with Gasteiger partial charge in [-0.2, -0.15) is 0 Å². The van der Waals surface area contributed by atoms with E-state index in [0.717, 1.165) is 13.1 Å². The van der Waals surface area contributed by atoms with Crippen molar-refractivity contribution in [1.82, 2.24) is 14.8 Å². The fourth-order valence-electron chi connectivity index (χ4n) is 2.66. The van der Waals surface area contributed by atoms with Crippen molar-refractivity contribution in [2.24, 2.45) is 0 Å². The van der Waals surface area contributed by atoms with Gasteiger partial charge in [-0.05, 0) is 18.2 Å². The lowest BCUT2D eigenvalue weighted by Crippen LogP contribution is -2.48. The van der Waals surface area contributed by atoms with Crippen LogP contribution in [0.15, 0.2) is 42.6 Å². The molecule has 1 saturated heterocycles. The van der Waals surface area contributed by atoms with Crippen LogP contribution in [0, 0.1) is 5.82 Å². The van der Waals surface area contributed by atoms with Crippen molar-refractivity contribution in [2.45, 2.75) is 6.54 Å². The Hall–Kier alpha value is -1.98. The van der Waals surface area contributed by atoms with E-state index in [2.05, 4.69) is 9.88 Å². The summed E-state index contributed by atoms with van der Waals surface area (Å²) in [6.07, 6.45) is 1.50. The Balaban J connectivity index is 1.57. The van der Waals surface area contributed by atoms with Crippen LogP contribution in [-0.2, 0) is 6.54 Å². The number of carbonyl (C=O) groups is 1. The zero-order valence-electron chi connectivity index (χ0n) is 12.6. The van der Waals surface area contributed by atoms with Gasteiger partial charge in [0.2, 0.25) is 0 Å². The fraction of sp³-hybridized carbons (Fsp3) is 0.294. The molecule has 0 saturated carbocycles. The van der Waals surface area contributed by atoms with E-state index in [4.69, 9.17) is 11.6 Å². The molecule has 0 aliphatic carbocycles. The number of aromatic nitrogens is 1. The van der Waals surface area contributed by atoms with Crippen molar-refractivity contribution in [3.63, 3.8) is 0 Å². The second kappa shape index (κ2) is 7.06. The molecular weight excluding hydrogens is 317 g/mol. The van der Waals surface area contributed by atoms with Crippen LogP contribution in [-0.4, -0.2) is 46.9 Å². The Morgan fingerprint density at radius 2 is 1.87 bits per heavy atom. The van der Waals surface area contributed by atoms with Gasteiger partial charge in [0.1, 0.15) is 11.0 Å². The lowest BCUT2D eigenvalue weighted by molar-refractivity contribution is 0.0626. The first-order valence-electron chi connectivity index (χ1n) is 7.50. The van der Waals surface area contributed by atoms with E-state index in [0.29, 0.717) is 35.9 Å². The molecule has 6 heteroatoms. The number of carbonyl (C=O) groups excluding carboxylic acids is 1. The first kappa shape index (κ1) is 15.9. The molecule has 0 unspecified atom stereocenters. The average molecular weight is 334 g/mol. The van der Waals surface area contributed by atoms with Crippen LogP contribution < -0.4 is 0 Å². The molecule has 23 heavy (non-hydrogen) atoms. The summed E-state index contributed by atoms with van der Waals surface area (Å²) in [6.45, 7) is 3.26. The van der Waals surface area contributed by atoms with E-state index in [1.807, 2.05) is 6.07 Å². The number of amides is 1. The summed E-state index contributed by atoms with van der Waals surface area (Å²) in [5, 5.41) is 0.372. The molecule has 1 fully saturated rings. The van der Waals surface area contributed by atoms with Gasteiger partial charge in [-0.25, -0.2) is 9.37 Å². The molecule has 0 radical (unpaired) electrons. The molecule has 0 bridgehead atoms. The van der Waals surface area contributed by atoms with Gasteiger partial charge in [0.15, 0.2) is 0 Å². The van der Waals surface area contributed by atoms with E-state index in [1.54, 1.807) is 29.2 Å². The van der Waals surface area contributed by atoms with Gasteiger partial charge in [0.05, 0.1) is 5.56 Å². The van der Waals surface area contributed by atoms with Gasteiger partial charge < -0.3 is 4.90 Å². The third kappa shape index (κ3) is 3.86. The summed E-state index contributed by atoms with van der Waals surface area (Å²) in [7, 11) is 0. The number of hydrogen-bond donors (Lipinski definition) is 0. The van der Waals surface area contributed by atoms with E-state index in [9.17, 15) is 9.18 Å². The second-order valence-electron chi connectivity index (χ2n) is 5.53. The average Bonchev–Trinajstić information content (AvgIpc) is 2.58. The Labute approximate surface area is 139 Å². The monoisotopic (exact) mass is 333 g/mol. The molecular formula is C17H17ClFN3O. The highest BCUT2D eigenvalue weighted by molar-refractivity contribution is 6.29. The van der Waals surface area contributed by atoms with Crippen LogP contribution in [0.4, 0.5) is 4.39 Å². The van der Waals surface area contributed by atoms with E-state index in [-0.39, 0.29) is 11.7 Å². The van der Waals surface area contributed by atoms with Crippen LogP contribution in [0.5, 0.6) is 0 Å². The van der Waals surface area contributed by atoms with Gasteiger partial charge >= 0.3 is 0 Å². The molecule has 1 aromatic carbocycles. The highest BCUT2D eigenvalue weighted by Gasteiger charge is 2.22. The number of rotatable bonds is 3. The smallest absolute Gasteiger partial charge is 0.255 e. The first-order valence-corrected chi connectivity index (χ1v) is 7.88. The molecule has 0 spiro atoms. The maximum Gasteiger partial charge on any atom is 0.255 e. The van der Waals surface area contributed by atoms with Crippen molar-refractivity contribution in [2.75, 3.05) is 26.2 Å². The third-order valence-corrected chi connectivity index (χ3v) is 4.21. The molecule has 0 atom stereocenters. The number of pyridine rings is 1. The summed E-state index contributed by atoms with van der Waals surface area (Å²) in [5.41, 5.74) is 1.23. The molecule has 0 N–H and O–H groups in total. The van der Waals surface area contributed by atoms with Crippen LogP contribution in [0.25, 0.3) is 0 Å². The highest BCUT2D eigenvalue weighted by atomic mass is 35.5. The van der Waals surface area contributed by atoms with Crippen LogP contribution in [0.1, 0.15) is 15.9 Å². The Bertz CT molecular complexity index is 684. The van der Waals surface area contributed by atoms with Crippen molar-refractivity contribution in [3.8, 4) is 0 Å². The maximum absolute atomic E-state index is 13.7. The van der Waals surface area contributed by atoms with E-state index >= 15 is 0 Å². The molecule has 4 nitrogen and oxygen atoms in total. The van der Waals surface area contributed by atoms with Crippen molar-refractivity contribution < 1.29 is 9.18 Å². The minimum atomic E-state index is -0.182. The molecule has 1 amide bonds. The summed E-state index contributed by atoms with van der Waals surface area (Å²) < 4.78 is 13.7. The summed E-state index contributed by atoms with van der Waals surface area (Å²) in [4.78, 5) is 20.3. The predicted molar refractivity (Wildman–Crippen MR) is 86.8 cm³/mol. The molecule has 1 aromatic heterocycles. The van der Waals surface area contributed by atoms with Crippen molar-refractivity contribution in [3.05, 3.63) is 64.7 Å². The Morgan fingerprint density at radius 3 is 2.52 bits per heavy atom. The highest BCUT2D eigenvalue weighted by Crippen LogP contribution is 2.14. The zero-order chi connectivity index (χ0) is 16.2. The van der Waals surface area contributed by atoms with Gasteiger partial charge in [0.25, 0.3) is 5.91 Å². The predicted octanol–water partition coefficient (Wildman–Crippen LogP) is 2.83. The number of benzene rings is 1. The van der Waals surface area contributed by atoms with E-state index in [1.165, 1.54) is 12.3 Å². The normalized spacial score (nSPS) is 15.7. The minimum absolute atomic E-state index is 0.0419. The van der Waals surface area contributed by atoms with Gasteiger partial charge in [-0.1, -0.05) is 29.8 Å².